The summed E-state index contributed by atoms with van der Waals surface area (Å²) in [5, 5.41) is 24.7. The molecule has 0 saturated carbocycles. The van der Waals surface area contributed by atoms with Crippen molar-refractivity contribution in [3.63, 3.8) is 0 Å². The summed E-state index contributed by atoms with van der Waals surface area (Å²) >= 11 is 0. The van der Waals surface area contributed by atoms with E-state index in [2.05, 4.69) is 20.7 Å². The maximum absolute atomic E-state index is 13.9. The first kappa shape index (κ1) is 41.1. The summed E-state index contributed by atoms with van der Waals surface area (Å²) in [7, 11) is 0. The van der Waals surface area contributed by atoms with Crippen molar-refractivity contribution in [2.45, 2.75) is 97.7 Å². The number of aromatic amines is 1. The summed E-state index contributed by atoms with van der Waals surface area (Å²) in [4.78, 5) is 72.9. The number of carbonyl (C=O) groups excluding carboxylic acids is 4. The van der Waals surface area contributed by atoms with Crippen LogP contribution in [0.5, 0.6) is 0 Å². The minimum absolute atomic E-state index is 0.135. The van der Waals surface area contributed by atoms with E-state index in [0.29, 0.717) is 27.9 Å². The summed E-state index contributed by atoms with van der Waals surface area (Å²) in [5.41, 5.74) is 4.61. The Bertz CT molecular complexity index is 1640. The van der Waals surface area contributed by atoms with Gasteiger partial charge < -0.3 is 34.7 Å². The highest BCUT2D eigenvalue weighted by Crippen LogP contribution is 2.19. The molecule has 2 amide bonds. The van der Waals surface area contributed by atoms with Gasteiger partial charge in [-0.05, 0) is 57.2 Å². The number of nitrogens with zero attached hydrogens (tertiary/aromatic N) is 2. The Morgan fingerprint density at radius 2 is 1.62 bits per heavy atom. The number of benzene rings is 2. The Morgan fingerprint density at radius 1 is 0.962 bits per heavy atom. The second-order valence-corrected chi connectivity index (χ2v) is 13.7. The van der Waals surface area contributed by atoms with Gasteiger partial charge in [0.2, 0.25) is 5.91 Å². The predicted molar refractivity (Wildman–Crippen MR) is 189 cm³/mol. The number of imidazole rings is 1. The highest BCUT2D eigenvalue weighted by molar-refractivity contribution is 5.92. The van der Waals surface area contributed by atoms with Crippen molar-refractivity contribution in [1.29, 1.82) is 0 Å². The second kappa shape index (κ2) is 18.8. The molecule has 282 valence electrons. The number of nitrogens with one attached hydrogen (secondary N) is 3. The van der Waals surface area contributed by atoms with E-state index in [9.17, 15) is 34.2 Å². The number of ether oxygens (including phenoxy) is 3. The van der Waals surface area contributed by atoms with Gasteiger partial charge in [-0.3, -0.25) is 9.59 Å². The monoisotopic (exact) mass is 723 g/mol. The van der Waals surface area contributed by atoms with E-state index in [1.165, 1.54) is 12.5 Å². The van der Waals surface area contributed by atoms with Crippen molar-refractivity contribution in [3.05, 3.63) is 89.0 Å². The number of rotatable bonds is 17. The lowest BCUT2D eigenvalue weighted by atomic mass is 10.0. The van der Waals surface area contributed by atoms with Gasteiger partial charge >= 0.3 is 24.0 Å². The maximum atomic E-state index is 13.9. The maximum Gasteiger partial charge on any atom is 0.425 e. The number of aryl methyl sites for hydroxylation is 2. The highest BCUT2D eigenvalue weighted by atomic mass is 16.6. The number of esters is 2. The summed E-state index contributed by atoms with van der Waals surface area (Å²) in [6, 6.07) is 9.80. The molecular weight excluding hydrogens is 674 g/mol. The van der Waals surface area contributed by atoms with Gasteiger partial charge in [0.05, 0.1) is 24.4 Å². The van der Waals surface area contributed by atoms with E-state index >= 15 is 0 Å². The fourth-order valence-electron chi connectivity index (χ4n) is 5.32. The molecule has 0 spiro atoms. The number of hydrogen-bond acceptors (Lipinski definition) is 11. The zero-order valence-electron chi connectivity index (χ0n) is 30.5. The number of carboxylic acids is 1. The zero-order valence-corrected chi connectivity index (χ0v) is 30.5. The summed E-state index contributed by atoms with van der Waals surface area (Å²) in [6.45, 7) is 10.9. The van der Waals surface area contributed by atoms with E-state index < -0.39 is 78.7 Å². The molecule has 5 N–H and O–H groups in total. The zero-order chi connectivity index (χ0) is 38.6. The van der Waals surface area contributed by atoms with Crippen molar-refractivity contribution in [2.75, 3.05) is 6.61 Å². The molecule has 3 rings (SSSR count). The van der Waals surface area contributed by atoms with Gasteiger partial charge in [-0.15, -0.1) is 0 Å². The topological polar surface area (TPSA) is 209 Å². The molecule has 1 unspecified atom stereocenters. The third kappa shape index (κ3) is 12.5. The number of hydrogen-bond donors (Lipinski definition) is 5. The van der Waals surface area contributed by atoms with Crippen molar-refractivity contribution in [2.24, 2.45) is 5.92 Å². The van der Waals surface area contributed by atoms with Crippen LogP contribution in [-0.4, -0.2) is 91.5 Å². The molecule has 1 heterocycles. The molecule has 0 aliphatic carbocycles. The third-order valence-corrected chi connectivity index (χ3v) is 7.82. The number of aliphatic carboxylic acids is 1. The number of hydrazine groups is 1. The molecule has 4 atom stereocenters. The van der Waals surface area contributed by atoms with Crippen molar-refractivity contribution >= 4 is 29.9 Å². The molecule has 15 heteroatoms. The van der Waals surface area contributed by atoms with Crippen molar-refractivity contribution in [3.8, 4) is 0 Å². The largest absolute Gasteiger partial charge is 0.480 e. The third-order valence-electron chi connectivity index (χ3n) is 7.82. The molecule has 0 aliphatic rings. The van der Waals surface area contributed by atoms with Crippen LogP contribution in [0, 0.1) is 19.8 Å². The number of aromatic nitrogens is 2. The molecule has 1 aromatic heterocycles. The van der Waals surface area contributed by atoms with Crippen LogP contribution in [0.1, 0.15) is 73.8 Å². The normalized spacial score (nSPS) is 13.7. The summed E-state index contributed by atoms with van der Waals surface area (Å²) < 4.78 is 16.6. The lowest BCUT2D eigenvalue weighted by Gasteiger charge is -2.37. The van der Waals surface area contributed by atoms with Gasteiger partial charge in [-0.1, -0.05) is 62.4 Å². The van der Waals surface area contributed by atoms with Crippen LogP contribution < -0.4 is 10.7 Å². The fraction of sp³-hybridized carbons (Fsp3) is 0.459. The Balaban J connectivity index is 1.97. The van der Waals surface area contributed by atoms with E-state index in [1.807, 2.05) is 0 Å². The number of amides is 2. The van der Waals surface area contributed by atoms with E-state index in [1.54, 1.807) is 97.0 Å². The van der Waals surface area contributed by atoms with Crippen LogP contribution in [0.15, 0.2) is 61.1 Å². The highest BCUT2D eigenvalue weighted by Gasteiger charge is 2.39. The Kier molecular flexibility index (Phi) is 14.9. The van der Waals surface area contributed by atoms with E-state index in [0.717, 1.165) is 5.01 Å². The van der Waals surface area contributed by atoms with Gasteiger partial charge in [0.1, 0.15) is 37.0 Å². The van der Waals surface area contributed by atoms with Crippen LogP contribution >= 0.6 is 0 Å². The number of carbonyl (C=O) groups is 5. The smallest absolute Gasteiger partial charge is 0.425 e. The Labute approximate surface area is 303 Å². The SMILES string of the molecule is Cc1cccc(C)c1C(=O)OCC(O)[C@H](CC(=O)OC(C)(C)C)NN(C(=O)OCc1ccccc1)[C@H](C(=O)N[C@@H](Cc1cnc[nH]1)C(=O)O)C(C)C. The lowest BCUT2D eigenvalue weighted by Crippen LogP contribution is -2.63. The molecule has 0 saturated heterocycles. The first-order chi connectivity index (χ1) is 24.5. The Hall–Kier alpha value is -5.28. The van der Waals surface area contributed by atoms with Gasteiger partial charge in [0.15, 0.2) is 0 Å². The van der Waals surface area contributed by atoms with Crippen molar-refractivity contribution in [1.82, 2.24) is 25.7 Å². The van der Waals surface area contributed by atoms with Gasteiger partial charge in [-0.2, -0.15) is 0 Å². The van der Waals surface area contributed by atoms with Crippen LogP contribution in [0.3, 0.4) is 0 Å². The molecule has 0 aliphatic heterocycles. The minimum Gasteiger partial charge on any atom is -0.480 e. The standard InChI is InChI=1S/C37H49N5O10/c1-22(2)32(33(45)40-28(34(46)47)16-26-18-38-21-39-26)42(36(49)51-19-25-14-9-8-10-15-25)41-27(17-30(44)52-37(5,6)7)29(43)20-50-35(48)31-23(3)12-11-13-24(31)4/h8-15,18,21-22,27-29,32,41,43H,16-17,19-20H2,1-7H3,(H,38,39)(H,40,45)(H,46,47)/t27-,28-,29?,32-/m0/s1. The lowest BCUT2D eigenvalue weighted by molar-refractivity contribution is -0.157. The first-order valence-corrected chi connectivity index (χ1v) is 16.9. The average Bonchev–Trinajstić information content (AvgIpc) is 3.57. The first-order valence-electron chi connectivity index (χ1n) is 16.9. The molecule has 15 nitrogen and oxygen atoms in total. The van der Waals surface area contributed by atoms with Crippen LogP contribution in [0.2, 0.25) is 0 Å². The fourth-order valence-corrected chi connectivity index (χ4v) is 5.32. The molecular formula is C37H49N5O10. The average molecular weight is 724 g/mol. The van der Waals surface area contributed by atoms with Gasteiger partial charge in [-0.25, -0.2) is 29.8 Å². The molecule has 0 bridgehead atoms. The van der Waals surface area contributed by atoms with Crippen LogP contribution in [-0.2, 0) is 41.6 Å². The quantitative estimate of drug-likeness (QED) is 0.0769. The molecule has 52 heavy (non-hydrogen) atoms. The summed E-state index contributed by atoms with van der Waals surface area (Å²) in [6.07, 6.45) is -0.556. The molecule has 2 aromatic carbocycles. The molecule has 3 aromatic rings. The number of H-pyrrole nitrogens is 1. The molecule has 0 radical (unpaired) electrons. The van der Waals surface area contributed by atoms with Crippen molar-refractivity contribution < 1.29 is 48.4 Å². The second-order valence-electron chi connectivity index (χ2n) is 13.7. The van der Waals surface area contributed by atoms with E-state index in [4.69, 9.17) is 14.2 Å². The van der Waals surface area contributed by atoms with Gasteiger partial charge in [0.25, 0.3) is 0 Å². The predicted octanol–water partition coefficient (Wildman–Crippen LogP) is 3.62. The van der Waals surface area contributed by atoms with E-state index in [-0.39, 0.29) is 13.0 Å². The van der Waals surface area contributed by atoms with Crippen LogP contribution in [0.25, 0.3) is 0 Å². The number of aliphatic hydroxyl groups is 1. The summed E-state index contributed by atoms with van der Waals surface area (Å²) in [5.74, 6) is -4.34. The molecule has 0 fully saturated rings. The van der Waals surface area contributed by atoms with Gasteiger partial charge in [0, 0.05) is 18.3 Å². The van der Waals surface area contributed by atoms with Crippen LogP contribution in [0.4, 0.5) is 4.79 Å². The number of carboxylic acid groups (broad SMARTS) is 1. The Morgan fingerprint density at radius 3 is 2.17 bits per heavy atom. The minimum atomic E-state index is -1.62. The number of aliphatic hydroxyl groups excluding tert-OH is 1.